The highest BCUT2D eigenvalue weighted by atomic mass is 35.5. The standard InChI is InChI=1S/C22H18F3N2.ClH/c23-22(24,25)17-8-5-7-15(12-17)20(26)14-27-13-16-6-1-2-9-18(16)19-10-3-4-11-21(19)27;/h1-13,20H,14,26H2;1H/q+1;/p-1. The lowest BCUT2D eigenvalue weighted by molar-refractivity contribution is -0.673. The van der Waals surface area contributed by atoms with Crippen molar-refractivity contribution in [3.05, 3.63) is 90.1 Å². The minimum absolute atomic E-state index is 0. The van der Waals surface area contributed by atoms with Crippen LogP contribution in [0, 0.1) is 0 Å². The number of hydrogen-bond donors (Lipinski definition) is 1. The third-order valence-electron chi connectivity index (χ3n) is 4.79. The summed E-state index contributed by atoms with van der Waals surface area (Å²) in [5.74, 6) is 0. The molecule has 0 spiro atoms. The summed E-state index contributed by atoms with van der Waals surface area (Å²) < 4.78 is 41.0. The van der Waals surface area contributed by atoms with Gasteiger partial charge in [-0.3, -0.25) is 0 Å². The van der Waals surface area contributed by atoms with Crippen LogP contribution in [0.4, 0.5) is 13.2 Å². The number of halogens is 4. The van der Waals surface area contributed by atoms with E-state index in [-0.39, 0.29) is 12.4 Å². The van der Waals surface area contributed by atoms with Crippen molar-refractivity contribution >= 4 is 21.7 Å². The number of nitrogens with two attached hydrogens (primary N) is 1. The van der Waals surface area contributed by atoms with E-state index in [0.29, 0.717) is 12.1 Å². The molecular weight excluding hydrogens is 385 g/mol. The fourth-order valence-corrected chi connectivity index (χ4v) is 3.46. The minimum atomic E-state index is -4.38. The first-order chi connectivity index (χ1) is 12.9. The van der Waals surface area contributed by atoms with E-state index < -0.39 is 17.8 Å². The zero-order valence-electron chi connectivity index (χ0n) is 14.8. The predicted molar refractivity (Wildman–Crippen MR) is 100 cm³/mol. The molecule has 2 nitrogen and oxygen atoms in total. The molecule has 0 radical (unpaired) electrons. The molecule has 1 heterocycles. The number of fused-ring (bicyclic) bond motifs is 3. The van der Waals surface area contributed by atoms with Crippen LogP contribution in [0.1, 0.15) is 17.2 Å². The topological polar surface area (TPSA) is 29.9 Å². The van der Waals surface area contributed by atoms with Crippen molar-refractivity contribution in [3.63, 3.8) is 0 Å². The van der Waals surface area contributed by atoms with Gasteiger partial charge in [-0.05, 0) is 29.8 Å². The number of alkyl halides is 3. The lowest BCUT2D eigenvalue weighted by atomic mass is 10.0. The summed E-state index contributed by atoms with van der Waals surface area (Å²) in [6.07, 6.45) is -2.37. The third-order valence-corrected chi connectivity index (χ3v) is 4.79. The van der Waals surface area contributed by atoms with E-state index in [1.165, 1.54) is 6.07 Å². The second kappa shape index (κ2) is 7.78. The van der Waals surface area contributed by atoms with E-state index in [1.54, 1.807) is 6.07 Å². The predicted octanol–water partition coefficient (Wildman–Crippen LogP) is 2.00. The fourth-order valence-electron chi connectivity index (χ4n) is 3.46. The number of rotatable bonds is 3. The maximum atomic E-state index is 13.0. The molecule has 3 aromatic carbocycles. The number of benzene rings is 3. The van der Waals surface area contributed by atoms with Crippen molar-refractivity contribution in [2.75, 3.05) is 0 Å². The third kappa shape index (κ3) is 3.81. The highest BCUT2D eigenvalue weighted by Crippen LogP contribution is 2.30. The van der Waals surface area contributed by atoms with Gasteiger partial charge in [-0.25, -0.2) is 0 Å². The van der Waals surface area contributed by atoms with Gasteiger partial charge in [0.25, 0.3) is 0 Å². The monoisotopic (exact) mass is 402 g/mol. The van der Waals surface area contributed by atoms with E-state index in [2.05, 4.69) is 6.07 Å². The van der Waals surface area contributed by atoms with Gasteiger partial charge in [-0.15, -0.1) is 0 Å². The fraction of sp³-hybridized carbons (Fsp3) is 0.136. The van der Waals surface area contributed by atoms with E-state index in [0.717, 1.165) is 33.8 Å². The number of aromatic nitrogens is 1. The summed E-state index contributed by atoms with van der Waals surface area (Å²) in [6, 6.07) is 20.7. The van der Waals surface area contributed by atoms with Crippen LogP contribution in [0.15, 0.2) is 79.0 Å². The summed E-state index contributed by atoms with van der Waals surface area (Å²) in [5.41, 5.74) is 7.08. The van der Waals surface area contributed by atoms with Crippen molar-refractivity contribution in [1.82, 2.24) is 0 Å². The average Bonchev–Trinajstić information content (AvgIpc) is 2.67. The first-order valence-corrected chi connectivity index (χ1v) is 8.66. The van der Waals surface area contributed by atoms with Crippen molar-refractivity contribution in [2.45, 2.75) is 18.8 Å². The molecule has 0 amide bonds. The molecule has 4 rings (SSSR count). The summed E-state index contributed by atoms with van der Waals surface area (Å²) >= 11 is 0. The van der Waals surface area contributed by atoms with Gasteiger partial charge in [0.15, 0.2) is 12.7 Å². The Morgan fingerprint density at radius 3 is 2.29 bits per heavy atom. The first kappa shape index (κ1) is 20.1. The van der Waals surface area contributed by atoms with Crippen molar-refractivity contribution in [2.24, 2.45) is 5.73 Å². The lowest BCUT2D eigenvalue weighted by Gasteiger charge is -2.13. The van der Waals surface area contributed by atoms with E-state index >= 15 is 0 Å². The SMILES string of the molecule is NC(C[n+]1cc2ccccc2c2ccccc21)c1cccc(C(F)(F)F)c1.[Cl-]. The second-order valence-corrected chi connectivity index (χ2v) is 6.62. The van der Waals surface area contributed by atoms with E-state index in [9.17, 15) is 13.2 Å². The molecule has 0 aliphatic heterocycles. The number of para-hydroxylation sites is 1. The maximum Gasteiger partial charge on any atom is 0.416 e. The largest absolute Gasteiger partial charge is 1.00 e. The van der Waals surface area contributed by atoms with Crippen LogP contribution in [0.5, 0.6) is 0 Å². The van der Waals surface area contributed by atoms with Gasteiger partial charge in [-0.2, -0.15) is 17.7 Å². The summed E-state index contributed by atoms with van der Waals surface area (Å²) in [5, 5.41) is 3.29. The second-order valence-electron chi connectivity index (χ2n) is 6.62. The smallest absolute Gasteiger partial charge is 0.416 e. The zero-order valence-corrected chi connectivity index (χ0v) is 15.6. The number of hydrogen-bond acceptors (Lipinski definition) is 1. The zero-order chi connectivity index (χ0) is 19.0. The number of nitrogens with zero attached hydrogens (tertiary/aromatic N) is 1. The Morgan fingerprint density at radius 1 is 0.857 bits per heavy atom. The highest BCUT2D eigenvalue weighted by Gasteiger charge is 2.31. The van der Waals surface area contributed by atoms with Gasteiger partial charge >= 0.3 is 6.18 Å². The molecule has 0 aliphatic carbocycles. The normalized spacial score (nSPS) is 12.7. The average molecular weight is 403 g/mol. The molecule has 0 saturated carbocycles. The molecule has 4 aromatic rings. The van der Waals surface area contributed by atoms with Gasteiger partial charge in [0.1, 0.15) is 0 Å². The van der Waals surface area contributed by atoms with Crippen LogP contribution in [-0.4, -0.2) is 0 Å². The van der Waals surface area contributed by atoms with Crippen LogP contribution in [-0.2, 0) is 12.7 Å². The Kier molecular flexibility index (Phi) is 5.59. The first-order valence-electron chi connectivity index (χ1n) is 8.66. The van der Waals surface area contributed by atoms with Gasteiger partial charge in [0.05, 0.1) is 17.0 Å². The minimum Gasteiger partial charge on any atom is -1.00 e. The molecule has 1 aromatic heterocycles. The Hall–Kier alpha value is -2.63. The van der Waals surface area contributed by atoms with Crippen LogP contribution in [0.2, 0.25) is 0 Å². The van der Waals surface area contributed by atoms with Crippen LogP contribution >= 0.6 is 0 Å². The van der Waals surface area contributed by atoms with Crippen LogP contribution < -0.4 is 22.7 Å². The molecule has 1 unspecified atom stereocenters. The highest BCUT2D eigenvalue weighted by molar-refractivity contribution is 6.03. The molecule has 6 heteroatoms. The van der Waals surface area contributed by atoms with Crippen LogP contribution in [0.25, 0.3) is 21.7 Å². The molecular formula is C22H18ClF3N2. The van der Waals surface area contributed by atoms with Crippen molar-refractivity contribution < 1.29 is 30.1 Å². The molecule has 0 bridgehead atoms. The molecule has 0 saturated heterocycles. The van der Waals surface area contributed by atoms with E-state index in [1.807, 2.05) is 53.2 Å². The molecule has 2 N–H and O–H groups in total. The van der Waals surface area contributed by atoms with Crippen LogP contribution in [0.3, 0.4) is 0 Å². The van der Waals surface area contributed by atoms with Gasteiger partial charge in [0.2, 0.25) is 5.52 Å². The quantitative estimate of drug-likeness (QED) is 0.412. The molecule has 0 fully saturated rings. The van der Waals surface area contributed by atoms with Gasteiger partial charge in [0, 0.05) is 16.8 Å². The van der Waals surface area contributed by atoms with E-state index in [4.69, 9.17) is 5.73 Å². The Labute approximate surface area is 166 Å². The number of pyridine rings is 1. The summed E-state index contributed by atoms with van der Waals surface area (Å²) in [7, 11) is 0. The molecule has 0 aliphatic rings. The molecule has 28 heavy (non-hydrogen) atoms. The maximum absolute atomic E-state index is 13.0. The summed E-state index contributed by atoms with van der Waals surface area (Å²) in [4.78, 5) is 0. The molecule has 1 atom stereocenters. The van der Waals surface area contributed by atoms with Gasteiger partial charge in [-0.1, -0.05) is 42.5 Å². The summed E-state index contributed by atoms with van der Waals surface area (Å²) in [6.45, 7) is 0.382. The lowest BCUT2D eigenvalue weighted by Crippen LogP contribution is -3.00. The molecule has 144 valence electrons. The van der Waals surface area contributed by atoms with Crippen molar-refractivity contribution in [1.29, 1.82) is 0 Å². The Bertz CT molecular complexity index is 1130. The van der Waals surface area contributed by atoms with Crippen molar-refractivity contribution in [3.8, 4) is 0 Å². The Morgan fingerprint density at radius 2 is 1.54 bits per heavy atom. The van der Waals surface area contributed by atoms with Gasteiger partial charge < -0.3 is 18.1 Å². The Balaban J connectivity index is 0.00000225.